The summed E-state index contributed by atoms with van der Waals surface area (Å²) in [7, 11) is -2.21. The lowest BCUT2D eigenvalue weighted by Crippen LogP contribution is -2.47. The van der Waals surface area contributed by atoms with Crippen molar-refractivity contribution in [2.24, 2.45) is 0 Å². The molecule has 84 heavy (non-hydrogen) atoms. The van der Waals surface area contributed by atoms with Crippen molar-refractivity contribution >= 4 is 51.9 Å². The van der Waals surface area contributed by atoms with Crippen LogP contribution in [0.2, 0.25) is 16.6 Å². The fourth-order valence-corrected chi connectivity index (χ4v) is 18.4. The molecule has 0 aliphatic rings. The Morgan fingerprint density at radius 1 is 0.321 bits per heavy atom. The molecule has 9 aromatic rings. The van der Waals surface area contributed by atoms with E-state index in [0.717, 1.165) is 132 Å². The van der Waals surface area contributed by atoms with Crippen LogP contribution >= 0.6 is 0 Å². The first-order valence-corrected chi connectivity index (χ1v) is 34.8. The van der Waals surface area contributed by atoms with Gasteiger partial charge >= 0.3 is 0 Å². The molecule has 5 aromatic carbocycles. The van der Waals surface area contributed by atoms with Gasteiger partial charge in [-0.3, -0.25) is 0 Å². The zero-order chi connectivity index (χ0) is 58.7. The summed E-state index contributed by atoms with van der Waals surface area (Å²) in [4.78, 5) is 21.6. The molecule has 0 aliphatic carbocycles. The molecule has 0 aliphatic heterocycles. The van der Waals surface area contributed by atoms with E-state index in [4.69, 9.17) is 33.8 Å². The van der Waals surface area contributed by atoms with Crippen molar-refractivity contribution in [1.82, 2.24) is 19.9 Å². The van der Waals surface area contributed by atoms with Gasteiger partial charge in [0.25, 0.3) is 0 Å². The number of hydrogen-bond donors (Lipinski definition) is 0. The highest BCUT2D eigenvalue weighted by Crippen LogP contribution is 2.43. The minimum absolute atomic E-state index is 0.455. The Labute approximate surface area is 505 Å². The number of pyridine rings is 4. The second-order valence-corrected chi connectivity index (χ2v) is 30.3. The molecular formula is C76H96N4O3Si. The molecule has 9 rings (SSSR count). The SMILES string of the molecule is CCCCCCCCCCCCOc1ccc(-c2ccc3ccc4ccc(-c5cc(CO[Si](C(C)C)(C(C)C)C(C)C)cc(-c6ccc7ccc8ccc(-c9ccc(OCCCCCCCCCCCC)cc9)nc8c7n6)c5)nc4c3n2)cc1. The quantitative estimate of drug-likeness (QED) is 0.0226. The largest absolute Gasteiger partial charge is 0.494 e. The maximum atomic E-state index is 7.33. The van der Waals surface area contributed by atoms with E-state index < -0.39 is 8.32 Å². The van der Waals surface area contributed by atoms with Crippen LogP contribution in [-0.4, -0.2) is 41.5 Å². The molecule has 0 N–H and O–H groups in total. The molecule has 0 atom stereocenters. The first-order chi connectivity index (χ1) is 41.0. The van der Waals surface area contributed by atoms with Crippen molar-refractivity contribution in [2.45, 2.75) is 207 Å². The molecule has 7 nitrogen and oxygen atoms in total. The summed E-state index contributed by atoms with van der Waals surface area (Å²) in [5.41, 5.74) is 13.7. The third-order valence-electron chi connectivity index (χ3n) is 17.7. The van der Waals surface area contributed by atoms with Gasteiger partial charge in [0.15, 0.2) is 0 Å². The standard InChI is InChI=1S/C76H96N4O3Si/c1-9-11-13-15-17-19-21-23-25-27-49-81-67-41-33-59(34-42-67)69-45-37-61-29-31-63-39-47-71(79-75(63)73(61)77-69)65-51-58(54-83-84(55(3)4,56(5)6)57(7)8)52-66(53-65)72-48-40-64-32-30-62-38-46-70(78-74(62)76(64)80-72)60-35-43-68(44-36-60)82-50-28-26-24-22-20-18-16-14-12-10-2/h29-48,51-53,55-57H,9-28,49-50,54H2,1-8H3. The first kappa shape index (κ1) is 62.1. The molecular weight excluding hydrogens is 1040 g/mol. The Kier molecular flexibility index (Phi) is 23.0. The van der Waals surface area contributed by atoms with Gasteiger partial charge < -0.3 is 13.9 Å². The van der Waals surface area contributed by atoms with Crippen molar-refractivity contribution in [2.75, 3.05) is 13.2 Å². The van der Waals surface area contributed by atoms with E-state index in [2.05, 4.69) is 195 Å². The highest BCUT2D eigenvalue weighted by molar-refractivity contribution is 6.77. The highest BCUT2D eigenvalue weighted by Gasteiger charge is 2.45. The summed E-state index contributed by atoms with van der Waals surface area (Å²) in [5, 5.41) is 4.20. The minimum atomic E-state index is -2.21. The summed E-state index contributed by atoms with van der Waals surface area (Å²) >= 11 is 0. The Balaban J connectivity index is 0.961. The zero-order valence-corrected chi connectivity index (χ0v) is 53.3. The van der Waals surface area contributed by atoms with Gasteiger partial charge in [-0.25, -0.2) is 19.9 Å². The molecule has 8 heteroatoms. The van der Waals surface area contributed by atoms with Gasteiger partial charge in [-0.1, -0.05) is 219 Å². The van der Waals surface area contributed by atoms with Gasteiger partial charge in [-0.05, 0) is 126 Å². The second kappa shape index (κ2) is 31.1. The summed E-state index contributed by atoms with van der Waals surface area (Å²) in [5.74, 6) is 1.81. The predicted molar refractivity (Wildman–Crippen MR) is 360 cm³/mol. The average molecular weight is 1140 g/mol. The summed E-state index contributed by atoms with van der Waals surface area (Å²) in [6.07, 6.45) is 26.3. The highest BCUT2D eigenvalue weighted by atomic mass is 28.4. The lowest BCUT2D eigenvalue weighted by molar-refractivity contribution is 0.266. The third kappa shape index (κ3) is 16.1. The van der Waals surface area contributed by atoms with Gasteiger partial charge in [-0.15, -0.1) is 0 Å². The number of fused-ring (bicyclic) bond motifs is 6. The van der Waals surface area contributed by atoms with E-state index in [-0.39, 0.29) is 0 Å². The van der Waals surface area contributed by atoms with E-state index in [9.17, 15) is 0 Å². The van der Waals surface area contributed by atoms with Crippen molar-refractivity contribution in [3.63, 3.8) is 0 Å². The van der Waals surface area contributed by atoms with Crippen LogP contribution in [0.4, 0.5) is 0 Å². The van der Waals surface area contributed by atoms with Gasteiger partial charge in [0.2, 0.25) is 8.32 Å². The van der Waals surface area contributed by atoms with E-state index >= 15 is 0 Å². The van der Waals surface area contributed by atoms with Crippen LogP contribution in [0.3, 0.4) is 0 Å². The molecule has 4 aromatic heterocycles. The summed E-state index contributed by atoms with van der Waals surface area (Å²) in [6.45, 7) is 20.7. The summed E-state index contributed by atoms with van der Waals surface area (Å²) < 4.78 is 19.7. The zero-order valence-electron chi connectivity index (χ0n) is 52.3. The molecule has 4 heterocycles. The number of nitrogens with zero attached hydrogens (tertiary/aromatic N) is 4. The second-order valence-electron chi connectivity index (χ2n) is 24.8. The van der Waals surface area contributed by atoms with Gasteiger partial charge in [0, 0.05) is 43.8 Å². The minimum Gasteiger partial charge on any atom is -0.494 e. The maximum Gasteiger partial charge on any atom is 0.200 e. The predicted octanol–water partition coefficient (Wildman–Crippen LogP) is 22.8. The normalized spacial score (nSPS) is 12.1. The fraction of sp³-hybridized carbons (Fsp3) is 0.447. The van der Waals surface area contributed by atoms with Crippen LogP contribution in [0.25, 0.3) is 88.6 Å². The molecule has 0 unspecified atom stereocenters. The number of aromatic nitrogens is 4. The summed E-state index contributed by atoms with van der Waals surface area (Å²) in [6, 6.07) is 49.5. The van der Waals surface area contributed by atoms with E-state index in [1.165, 1.54) is 116 Å². The molecule has 0 bridgehead atoms. The molecule has 0 spiro atoms. The molecule has 442 valence electrons. The third-order valence-corrected chi connectivity index (χ3v) is 23.7. The van der Waals surface area contributed by atoms with Crippen LogP contribution in [0.5, 0.6) is 11.5 Å². The Hall–Kier alpha value is -6.48. The lowest BCUT2D eigenvalue weighted by atomic mass is 9.99. The average Bonchev–Trinajstić information content (AvgIpc) is 1.61. The monoisotopic (exact) mass is 1140 g/mol. The van der Waals surface area contributed by atoms with Crippen LogP contribution < -0.4 is 9.47 Å². The van der Waals surface area contributed by atoms with E-state index in [1.54, 1.807) is 0 Å². The van der Waals surface area contributed by atoms with Gasteiger partial charge in [0.05, 0.1) is 64.7 Å². The smallest absolute Gasteiger partial charge is 0.200 e. The topological polar surface area (TPSA) is 79.2 Å². The van der Waals surface area contributed by atoms with Crippen molar-refractivity contribution in [1.29, 1.82) is 0 Å². The Morgan fingerprint density at radius 2 is 0.607 bits per heavy atom. The number of hydrogen-bond acceptors (Lipinski definition) is 7. The molecule has 0 radical (unpaired) electrons. The first-order valence-electron chi connectivity index (χ1n) is 32.7. The van der Waals surface area contributed by atoms with Crippen LogP contribution in [-0.2, 0) is 11.0 Å². The molecule has 0 fully saturated rings. The Bertz CT molecular complexity index is 3270. The van der Waals surface area contributed by atoms with E-state index in [0.29, 0.717) is 23.2 Å². The fourth-order valence-electron chi connectivity index (χ4n) is 13.0. The van der Waals surface area contributed by atoms with E-state index in [1.807, 2.05) is 0 Å². The Morgan fingerprint density at radius 3 is 0.917 bits per heavy atom. The van der Waals surface area contributed by atoms with Crippen molar-refractivity contribution in [3.05, 3.63) is 145 Å². The van der Waals surface area contributed by atoms with Gasteiger partial charge in [-0.2, -0.15) is 0 Å². The van der Waals surface area contributed by atoms with Crippen LogP contribution in [0, 0.1) is 0 Å². The number of unbranched alkanes of at least 4 members (excludes halogenated alkanes) is 18. The lowest BCUT2D eigenvalue weighted by Gasteiger charge is -2.42. The van der Waals surface area contributed by atoms with Gasteiger partial charge in [0.1, 0.15) is 11.5 Å². The van der Waals surface area contributed by atoms with Crippen LogP contribution in [0.1, 0.15) is 189 Å². The number of benzene rings is 5. The molecule has 0 amide bonds. The maximum absolute atomic E-state index is 7.33. The van der Waals surface area contributed by atoms with Crippen molar-refractivity contribution < 1.29 is 13.9 Å². The molecule has 0 saturated carbocycles. The van der Waals surface area contributed by atoms with Crippen LogP contribution in [0.15, 0.2) is 140 Å². The number of ether oxygens (including phenoxy) is 2. The van der Waals surface area contributed by atoms with Crippen molar-refractivity contribution in [3.8, 4) is 56.5 Å². The molecule has 0 saturated heterocycles. The number of rotatable bonds is 34.